The van der Waals surface area contributed by atoms with Gasteiger partial charge in [0.15, 0.2) is 0 Å². The quantitative estimate of drug-likeness (QED) is 0.264. The number of amides is 1. The minimum absolute atomic E-state index is 0.0238. The van der Waals surface area contributed by atoms with Crippen LogP contribution >= 0.6 is 0 Å². The average Bonchev–Trinajstić information content (AvgIpc) is 2.49. The van der Waals surface area contributed by atoms with Crippen molar-refractivity contribution < 1.29 is 28.6 Å². The molecular formula is C15H22N4O5. The topological polar surface area (TPSA) is 142 Å². The average molecular weight is 338 g/mol. The maximum Gasteiger partial charge on any atom is 0.329 e. The van der Waals surface area contributed by atoms with Crippen molar-refractivity contribution in [1.29, 1.82) is 5.26 Å². The Hall–Kier alpha value is -2.56. The maximum atomic E-state index is 12.3. The molecule has 0 rings (SSSR count). The highest BCUT2D eigenvalue weighted by Gasteiger charge is 2.30. The van der Waals surface area contributed by atoms with Crippen molar-refractivity contribution in [3.63, 3.8) is 0 Å². The Bertz CT molecular complexity index is 561. The molecule has 132 valence electrons. The molecule has 1 N–H and O–H groups in total. The fourth-order valence-corrected chi connectivity index (χ4v) is 1.63. The molecule has 0 aliphatic rings. The number of nitrogens with one attached hydrogen (secondary N) is 1. The Morgan fingerprint density at radius 1 is 1.42 bits per heavy atom. The standard InChI is InChI=1S/C15H22N4O5/c1-10(23-4)13(21)19-12(6-5-11(20)9-18-17)14(22)24-15(2,3)7-8-16/h9-10,12H,5-7H2,1-4H3,(H,19,21)/t10-,12-/m0/s1. The van der Waals surface area contributed by atoms with Crippen LogP contribution in [0, 0.1) is 11.3 Å². The number of ether oxygens (including phenoxy) is 2. The van der Waals surface area contributed by atoms with Crippen LogP contribution in [0.1, 0.15) is 40.0 Å². The van der Waals surface area contributed by atoms with Crippen LogP contribution in [-0.2, 0) is 23.9 Å². The molecule has 0 aromatic heterocycles. The summed E-state index contributed by atoms with van der Waals surface area (Å²) in [4.78, 5) is 38.2. The molecule has 0 aromatic rings. The van der Waals surface area contributed by atoms with Crippen LogP contribution in [0.15, 0.2) is 0 Å². The highest BCUT2D eigenvalue weighted by molar-refractivity contribution is 6.25. The summed E-state index contributed by atoms with van der Waals surface area (Å²) >= 11 is 0. The number of hydrogen-bond donors (Lipinski definition) is 1. The minimum Gasteiger partial charge on any atom is -0.457 e. The summed E-state index contributed by atoms with van der Waals surface area (Å²) in [5.74, 6) is -1.82. The first-order valence-electron chi connectivity index (χ1n) is 7.30. The highest BCUT2D eigenvalue weighted by Crippen LogP contribution is 2.16. The van der Waals surface area contributed by atoms with Gasteiger partial charge in [-0.15, -0.1) is 0 Å². The van der Waals surface area contributed by atoms with E-state index in [-0.39, 0.29) is 19.3 Å². The van der Waals surface area contributed by atoms with E-state index in [0.29, 0.717) is 6.21 Å². The zero-order valence-corrected chi connectivity index (χ0v) is 14.2. The molecule has 0 aliphatic heterocycles. The monoisotopic (exact) mass is 338 g/mol. The van der Waals surface area contributed by atoms with Gasteiger partial charge in [-0.05, 0) is 27.2 Å². The van der Waals surface area contributed by atoms with Gasteiger partial charge in [0.1, 0.15) is 17.7 Å². The molecule has 0 spiro atoms. The first kappa shape index (κ1) is 21.4. The fourth-order valence-electron chi connectivity index (χ4n) is 1.63. The first-order valence-corrected chi connectivity index (χ1v) is 7.30. The van der Waals surface area contributed by atoms with Gasteiger partial charge in [0.25, 0.3) is 0 Å². The van der Waals surface area contributed by atoms with E-state index in [1.165, 1.54) is 14.0 Å². The lowest BCUT2D eigenvalue weighted by molar-refractivity contribution is -0.160. The van der Waals surface area contributed by atoms with Crippen molar-refractivity contribution in [3.05, 3.63) is 5.53 Å². The number of esters is 1. The predicted molar refractivity (Wildman–Crippen MR) is 82.7 cm³/mol. The lowest BCUT2D eigenvalue weighted by Crippen LogP contribution is -2.48. The maximum absolute atomic E-state index is 12.3. The second kappa shape index (κ2) is 10.3. The molecule has 0 bridgehead atoms. The van der Waals surface area contributed by atoms with Gasteiger partial charge in [0.05, 0.1) is 12.5 Å². The summed E-state index contributed by atoms with van der Waals surface area (Å²) in [5.41, 5.74) is 7.28. The van der Waals surface area contributed by atoms with E-state index in [0.717, 1.165) is 0 Å². The van der Waals surface area contributed by atoms with Crippen molar-refractivity contribution in [1.82, 2.24) is 5.32 Å². The normalized spacial score (nSPS) is 13.0. The van der Waals surface area contributed by atoms with E-state index in [9.17, 15) is 14.4 Å². The number of carbonyl (C=O) groups is 3. The van der Waals surface area contributed by atoms with Gasteiger partial charge in [-0.2, -0.15) is 10.1 Å². The van der Waals surface area contributed by atoms with Crippen molar-refractivity contribution in [2.45, 2.75) is 57.8 Å². The number of hydrogen-bond acceptors (Lipinski definition) is 6. The van der Waals surface area contributed by atoms with Crippen molar-refractivity contribution in [2.24, 2.45) is 0 Å². The lowest BCUT2D eigenvalue weighted by atomic mass is 10.1. The third kappa shape index (κ3) is 8.17. The van der Waals surface area contributed by atoms with Gasteiger partial charge in [-0.25, -0.2) is 4.79 Å². The number of carbonyl (C=O) groups excluding carboxylic acids is 3. The Balaban J connectivity index is 5.05. The number of methoxy groups -OCH3 is 1. The Morgan fingerprint density at radius 2 is 2.04 bits per heavy atom. The van der Waals surface area contributed by atoms with Gasteiger partial charge in [-0.1, -0.05) is 0 Å². The molecule has 0 saturated heterocycles. The molecule has 0 radical (unpaired) electrons. The molecule has 0 fully saturated rings. The molecule has 0 aromatic carbocycles. The van der Waals surface area contributed by atoms with Crippen LogP contribution in [0.4, 0.5) is 0 Å². The second-order valence-corrected chi connectivity index (χ2v) is 5.70. The largest absolute Gasteiger partial charge is 0.457 e. The summed E-state index contributed by atoms with van der Waals surface area (Å²) in [6.45, 7) is 4.63. The summed E-state index contributed by atoms with van der Waals surface area (Å²) < 4.78 is 10.1. The SMILES string of the molecule is CO[C@@H](C)C(=O)N[C@@H](CCC(=O)C=[N+]=[N-])C(=O)OC(C)(C)CC#N. The molecule has 0 heterocycles. The molecule has 9 nitrogen and oxygen atoms in total. The Kier molecular flexibility index (Phi) is 9.16. The zero-order valence-electron chi connectivity index (χ0n) is 14.2. The smallest absolute Gasteiger partial charge is 0.329 e. The number of ketones is 1. The van der Waals surface area contributed by atoms with Crippen molar-refractivity contribution in [3.8, 4) is 6.07 Å². The fraction of sp³-hybridized carbons (Fsp3) is 0.667. The summed E-state index contributed by atoms with van der Waals surface area (Å²) in [7, 11) is 1.34. The summed E-state index contributed by atoms with van der Waals surface area (Å²) in [6, 6.07) is 0.810. The third-order valence-corrected chi connectivity index (χ3v) is 3.09. The van der Waals surface area contributed by atoms with Gasteiger partial charge >= 0.3 is 12.2 Å². The molecular weight excluding hydrogens is 316 g/mol. The van der Waals surface area contributed by atoms with E-state index >= 15 is 0 Å². The summed E-state index contributed by atoms with van der Waals surface area (Å²) in [6.07, 6.45) is -0.285. The van der Waals surface area contributed by atoms with Crippen LogP contribution < -0.4 is 5.32 Å². The van der Waals surface area contributed by atoms with Crippen molar-refractivity contribution >= 4 is 23.9 Å². The zero-order chi connectivity index (χ0) is 18.8. The van der Waals surface area contributed by atoms with Gasteiger partial charge in [0.2, 0.25) is 11.7 Å². The molecule has 1 amide bonds. The molecule has 0 unspecified atom stereocenters. The van der Waals surface area contributed by atoms with Crippen LogP contribution in [0.25, 0.3) is 5.53 Å². The molecule has 0 aliphatic carbocycles. The van der Waals surface area contributed by atoms with E-state index in [4.69, 9.17) is 20.3 Å². The first-order chi connectivity index (χ1) is 11.2. The Morgan fingerprint density at radius 3 is 2.54 bits per heavy atom. The second-order valence-electron chi connectivity index (χ2n) is 5.70. The lowest BCUT2D eigenvalue weighted by Gasteiger charge is -2.26. The summed E-state index contributed by atoms with van der Waals surface area (Å²) in [5, 5.41) is 11.2. The van der Waals surface area contributed by atoms with Gasteiger partial charge in [-0.3, -0.25) is 9.59 Å². The van der Waals surface area contributed by atoms with E-state index in [1.54, 1.807) is 13.8 Å². The number of nitriles is 1. The number of rotatable bonds is 10. The van der Waals surface area contributed by atoms with Crippen LogP contribution in [0.2, 0.25) is 0 Å². The van der Waals surface area contributed by atoms with E-state index < -0.39 is 35.4 Å². The highest BCUT2D eigenvalue weighted by atomic mass is 16.6. The molecule has 24 heavy (non-hydrogen) atoms. The van der Waals surface area contributed by atoms with Crippen LogP contribution in [0.5, 0.6) is 0 Å². The molecule has 0 saturated carbocycles. The Labute approximate surface area is 140 Å². The third-order valence-electron chi connectivity index (χ3n) is 3.09. The minimum atomic E-state index is -1.09. The molecule has 9 heteroatoms. The van der Waals surface area contributed by atoms with Crippen LogP contribution in [0.3, 0.4) is 0 Å². The predicted octanol–water partition coefficient (Wildman–Crippen LogP) is 0.391. The van der Waals surface area contributed by atoms with E-state index in [1.807, 2.05) is 6.07 Å². The number of nitrogens with zero attached hydrogens (tertiary/aromatic N) is 3. The van der Waals surface area contributed by atoms with Gasteiger partial charge < -0.3 is 20.3 Å². The van der Waals surface area contributed by atoms with Crippen molar-refractivity contribution in [2.75, 3.05) is 7.11 Å². The number of Topliss-reactive ketones (excluding diaryl/α,β-unsaturated/α-hetero) is 1. The van der Waals surface area contributed by atoms with E-state index in [2.05, 4.69) is 10.1 Å². The van der Waals surface area contributed by atoms with Gasteiger partial charge in [0, 0.05) is 13.5 Å². The molecule has 2 atom stereocenters. The van der Waals surface area contributed by atoms with Crippen LogP contribution in [-0.4, -0.2) is 53.5 Å².